The fourth-order valence-corrected chi connectivity index (χ4v) is 3.99. The number of nitriles is 1. The highest BCUT2D eigenvalue weighted by Crippen LogP contribution is 2.43. The number of pyridine rings is 1. The Morgan fingerprint density at radius 3 is 2.68 bits per heavy atom. The molecule has 2 amide bonds. The van der Waals surface area contributed by atoms with Crippen LogP contribution < -0.4 is 33.0 Å². The van der Waals surface area contributed by atoms with Crippen LogP contribution in [0.25, 0.3) is 21.3 Å². The summed E-state index contributed by atoms with van der Waals surface area (Å²) >= 11 is 0.965. The number of aliphatic hydroxyl groups is 1. The van der Waals surface area contributed by atoms with Crippen LogP contribution in [0.1, 0.15) is 15.2 Å². The van der Waals surface area contributed by atoms with Crippen molar-refractivity contribution in [2.75, 3.05) is 30.5 Å². The van der Waals surface area contributed by atoms with E-state index < -0.39 is 24.5 Å². The van der Waals surface area contributed by atoms with E-state index in [9.17, 15) is 14.9 Å². The fourth-order valence-electron chi connectivity index (χ4n) is 3.02. The number of hydrogen-bond acceptors (Lipinski definition) is 10. The van der Waals surface area contributed by atoms with Crippen LogP contribution in [0.3, 0.4) is 0 Å². The number of ether oxygens (including phenoxy) is 1. The topological polar surface area (TPSA) is 216 Å². The summed E-state index contributed by atoms with van der Waals surface area (Å²) in [7, 11) is 1.41. The Balaban J connectivity index is 2.30. The van der Waals surface area contributed by atoms with Gasteiger partial charge in [0.15, 0.2) is 0 Å². The number of aliphatic hydroxyl groups excluding tert-OH is 1. The molecule has 0 aliphatic carbocycles. The van der Waals surface area contributed by atoms with Crippen molar-refractivity contribution in [2.45, 2.75) is 6.04 Å². The molecule has 0 fully saturated rings. The molecule has 31 heavy (non-hydrogen) atoms. The maximum atomic E-state index is 12.2. The van der Waals surface area contributed by atoms with E-state index in [1.54, 1.807) is 12.1 Å². The third kappa shape index (κ3) is 3.80. The van der Waals surface area contributed by atoms with Crippen LogP contribution in [0.5, 0.6) is 5.75 Å². The van der Waals surface area contributed by atoms with E-state index in [0.29, 0.717) is 27.1 Å². The molecule has 10 N–H and O–H groups in total. The van der Waals surface area contributed by atoms with Crippen LogP contribution in [0.2, 0.25) is 0 Å². The van der Waals surface area contributed by atoms with Crippen molar-refractivity contribution in [3.63, 3.8) is 0 Å². The predicted molar refractivity (Wildman–Crippen MR) is 117 cm³/mol. The quantitative estimate of drug-likeness (QED) is 0.311. The van der Waals surface area contributed by atoms with E-state index >= 15 is 0 Å². The van der Waals surface area contributed by atoms with Crippen LogP contribution in [-0.4, -0.2) is 41.7 Å². The molecule has 2 heterocycles. The van der Waals surface area contributed by atoms with Crippen molar-refractivity contribution in [2.24, 2.45) is 11.5 Å². The molecule has 0 aliphatic heterocycles. The summed E-state index contributed by atoms with van der Waals surface area (Å²) in [6, 6.07) is 5.61. The predicted octanol–water partition coefficient (Wildman–Crippen LogP) is 0.365. The molecule has 11 nitrogen and oxygen atoms in total. The fraction of sp³-hybridized carbons (Fsp3) is 0.158. The molecule has 3 aromatic rings. The van der Waals surface area contributed by atoms with E-state index in [1.165, 1.54) is 13.2 Å². The lowest BCUT2D eigenvalue weighted by Gasteiger charge is -2.16. The number of anilines is 3. The summed E-state index contributed by atoms with van der Waals surface area (Å²) in [6.07, 6.45) is 0. The maximum Gasteiger partial charge on any atom is 0.260 e. The number of nitrogens with zero attached hydrogens (tertiary/aromatic N) is 2. The molecule has 160 valence electrons. The number of nitrogens with two attached hydrogens (primary N) is 4. The standard InChI is InChI=1S/C19H19N7O4S/c1-30-11-3-2-7(4-10(11)25-18(29)9(21)6-27)12-8(5-20)16(23)26-19-13(12)14(22)15(31-19)17(24)28/h2-4,9,27H,6,21-22H2,1H3,(H2,23,26)(H2,24,28)(H,25,29). The highest BCUT2D eigenvalue weighted by atomic mass is 32.1. The van der Waals surface area contributed by atoms with Gasteiger partial charge in [0.05, 0.1) is 25.1 Å². The third-order valence-electron chi connectivity index (χ3n) is 4.52. The number of amides is 2. The molecule has 0 saturated heterocycles. The van der Waals surface area contributed by atoms with Gasteiger partial charge in [-0.15, -0.1) is 11.3 Å². The Kier molecular flexibility index (Phi) is 5.93. The van der Waals surface area contributed by atoms with Crippen molar-refractivity contribution < 1.29 is 19.4 Å². The van der Waals surface area contributed by atoms with Gasteiger partial charge in [-0.1, -0.05) is 6.07 Å². The summed E-state index contributed by atoms with van der Waals surface area (Å²) in [6.45, 7) is -0.546. The number of nitrogens with one attached hydrogen (secondary N) is 1. The smallest absolute Gasteiger partial charge is 0.260 e. The third-order valence-corrected chi connectivity index (χ3v) is 5.63. The Bertz CT molecular complexity index is 1250. The number of aromatic nitrogens is 1. The number of thiophene rings is 1. The minimum Gasteiger partial charge on any atom is -0.495 e. The average Bonchev–Trinajstić information content (AvgIpc) is 3.08. The molecule has 1 atom stereocenters. The molecular weight excluding hydrogens is 422 g/mol. The molecule has 0 aliphatic rings. The highest BCUT2D eigenvalue weighted by molar-refractivity contribution is 7.21. The van der Waals surface area contributed by atoms with Crippen LogP contribution in [0, 0.1) is 11.3 Å². The lowest BCUT2D eigenvalue weighted by Crippen LogP contribution is -2.38. The Morgan fingerprint density at radius 2 is 2.10 bits per heavy atom. The van der Waals surface area contributed by atoms with Gasteiger partial charge in [-0.2, -0.15) is 5.26 Å². The van der Waals surface area contributed by atoms with Gasteiger partial charge < -0.3 is 38.1 Å². The molecular formula is C19H19N7O4S. The lowest BCUT2D eigenvalue weighted by atomic mass is 9.96. The molecule has 2 aromatic heterocycles. The van der Waals surface area contributed by atoms with Gasteiger partial charge in [-0.05, 0) is 17.7 Å². The highest BCUT2D eigenvalue weighted by Gasteiger charge is 2.24. The Hall–Kier alpha value is -3.92. The molecule has 1 aromatic carbocycles. The molecule has 0 radical (unpaired) electrons. The van der Waals surface area contributed by atoms with Gasteiger partial charge in [0, 0.05) is 10.9 Å². The number of carbonyl (C=O) groups excluding carboxylic acids is 2. The van der Waals surface area contributed by atoms with Crippen molar-refractivity contribution in [3.05, 3.63) is 28.6 Å². The van der Waals surface area contributed by atoms with E-state index in [4.69, 9.17) is 32.8 Å². The number of primary amides is 1. The first kappa shape index (κ1) is 21.8. The van der Waals surface area contributed by atoms with Crippen LogP contribution in [0.15, 0.2) is 18.2 Å². The lowest BCUT2D eigenvalue weighted by molar-refractivity contribution is -0.118. The minimum absolute atomic E-state index is 0.0440. The van der Waals surface area contributed by atoms with Crippen molar-refractivity contribution in [3.8, 4) is 22.9 Å². The van der Waals surface area contributed by atoms with Gasteiger partial charge >= 0.3 is 0 Å². The normalized spacial score (nSPS) is 11.7. The second kappa shape index (κ2) is 8.44. The van der Waals surface area contributed by atoms with E-state index in [0.717, 1.165) is 11.3 Å². The van der Waals surface area contributed by atoms with Gasteiger partial charge in [-0.25, -0.2) is 4.98 Å². The van der Waals surface area contributed by atoms with Crippen LogP contribution >= 0.6 is 11.3 Å². The number of rotatable bonds is 6. The SMILES string of the molecule is COc1ccc(-c2c(C#N)c(N)nc3sc(C(N)=O)c(N)c23)cc1NC(=O)C(N)CO. The summed E-state index contributed by atoms with van der Waals surface area (Å²) in [5, 5.41) is 21.7. The first-order valence-electron chi connectivity index (χ1n) is 8.80. The van der Waals surface area contributed by atoms with Gasteiger partial charge in [0.2, 0.25) is 5.91 Å². The summed E-state index contributed by atoms with van der Waals surface area (Å²) < 4.78 is 5.27. The Labute approximate surface area is 180 Å². The zero-order valence-electron chi connectivity index (χ0n) is 16.3. The van der Waals surface area contributed by atoms with Crippen LogP contribution in [-0.2, 0) is 4.79 Å². The maximum absolute atomic E-state index is 12.2. The second-order valence-corrected chi connectivity index (χ2v) is 7.44. The van der Waals surface area contributed by atoms with Crippen molar-refractivity contribution >= 4 is 50.6 Å². The zero-order valence-corrected chi connectivity index (χ0v) is 17.1. The van der Waals surface area contributed by atoms with Gasteiger partial charge in [-0.3, -0.25) is 9.59 Å². The minimum atomic E-state index is -1.14. The first-order chi connectivity index (χ1) is 14.7. The van der Waals surface area contributed by atoms with E-state index in [-0.39, 0.29) is 27.6 Å². The Morgan fingerprint density at radius 1 is 1.39 bits per heavy atom. The second-order valence-electron chi connectivity index (χ2n) is 6.44. The van der Waals surface area contributed by atoms with E-state index in [2.05, 4.69) is 10.3 Å². The molecule has 0 bridgehead atoms. The number of methoxy groups -OCH3 is 1. The monoisotopic (exact) mass is 441 g/mol. The number of carbonyl (C=O) groups is 2. The summed E-state index contributed by atoms with van der Waals surface area (Å²) in [4.78, 5) is 28.5. The van der Waals surface area contributed by atoms with Crippen LogP contribution in [0.4, 0.5) is 17.2 Å². The van der Waals surface area contributed by atoms with Gasteiger partial charge in [0.25, 0.3) is 5.91 Å². The zero-order chi connectivity index (χ0) is 22.9. The number of nitrogen functional groups attached to an aromatic ring is 2. The number of benzene rings is 1. The summed E-state index contributed by atoms with van der Waals surface area (Å²) in [5.74, 6) is -1.10. The van der Waals surface area contributed by atoms with Crippen molar-refractivity contribution in [1.82, 2.24) is 4.98 Å². The molecule has 1 unspecified atom stereocenters. The number of fused-ring (bicyclic) bond motifs is 1. The van der Waals surface area contributed by atoms with Gasteiger partial charge in [0.1, 0.15) is 38.9 Å². The van der Waals surface area contributed by atoms with E-state index in [1.807, 2.05) is 6.07 Å². The van der Waals surface area contributed by atoms with Crippen molar-refractivity contribution in [1.29, 1.82) is 5.26 Å². The molecule has 0 saturated carbocycles. The number of hydrogen-bond donors (Lipinski definition) is 6. The largest absolute Gasteiger partial charge is 0.495 e. The average molecular weight is 441 g/mol. The molecule has 12 heteroatoms. The molecule has 0 spiro atoms. The molecule has 3 rings (SSSR count). The summed E-state index contributed by atoms with van der Waals surface area (Å²) in [5.41, 5.74) is 24.3. The first-order valence-corrected chi connectivity index (χ1v) is 9.62.